The zero-order chi connectivity index (χ0) is 15.4. The molecular weight excluding hydrogens is 334 g/mol. The van der Waals surface area contributed by atoms with Gasteiger partial charge < -0.3 is 15.3 Å². The van der Waals surface area contributed by atoms with E-state index in [0.29, 0.717) is 10.0 Å². The molecule has 0 heterocycles. The predicted molar refractivity (Wildman–Crippen MR) is 74.8 cm³/mol. The number of rotatable bonds is 4. The number of nitrogens with one attached hydrogen (secondary N) is 1. The molecular formula is C11H12BrN3O5. The zero-order valence-electron chi connectivity index (χ0n) is 10.7. The Morgan fingerprint density at radius 2 is 2.10 bits per heavy atom. The van der Waals surface area contributed by atoms with Crippen LogP contribution in [0.5, 0.6) is 0 Å². The number of carboxylic acids is 1. The van der Waals surface area contributed by atoms with Crippen molar-refractivity contribution in [1.29, 1.82) is 0 Å². The zero-order valence-corrected chi connectivity index (χ0v) is 12.3. The van der Waals surface area contributed by atoms with Crippen LogP contribution in [0.4, 0.5) is 16.2 Å². The minimum atomic E-state index is -1.16. The van der Waals surface area contributed by atoms with Gasteiger partial charge in [0.1, 0.15) is 6.54 Å². The lowest BCUT2D eigenvalue weighted by Gasteiger charge is -2.16. The predicted octanol–water partition coefficient (Wildman–Crippen LogP) is 2.21. The van der Waals surface area contributed by atoms with E-state index in [9.17, 15) is 19.7 Å². The maximum Gasteiger partial charge on any atom is 0.323 e. The molecule has 108 valence electrons. The van der Waals surface area contributed by atoms with Gasteiger partial charge in [-0.05, 0) is 28.9 Å². The summed E-state index contributed by atoms with van der Waals surface area (Å²) in [5.74, 6) is -1.16. The summed E-state index contributed by atoms with van der Waals surface area (Å²) in [7, 11) is 1.31. The van der Waals surface area contributed by atoms with E-state index >= 15 is 0 Å². The maximum absolute atomic E-state index is 11.7. The monoisotopic (exact) mass is 345 g/mol. The van der Waals surface area contributed by atoms with Gasteiger partial charge in [0.15, 0.2) is 0 Å². The minimum absolute atomic E-state index is 0.135. The number of hydrogen-bond acceptors (Lipinski definition) is 4. The Hall–Kier alpha value is -2.16. The van der Waals surface area contributed by atoms with Crippen molar-refractivity contribution < 1.29 is 19.6 Å². The normalized spacial score (nSPS) is 9.95. The number of benzene rings is 1. The first-order chi connectivity index (χ1) is 9.22. The van der Waals surface area contributed by atoms with Crippen molar-refractivity contribution in [3.05, 3.63) is 32.3 Å². The Labute approximate surface area is 122 Å². The van der Waals surface area contributed by atoms with Crippen molar-refractivity contribution in [3.63, 3.8) is 0 Å². The van der Waals surface area contributed by atoms with E-state index in [-0.39, 0.29) is 11.4 Å². The third-order valence-corrected chi connectivity index (χ3v) is 3.10. The fraction of sp³-hybridized carbons (Fsp3) is 0.273. The van der Waals surface area contributed by atoms with Gasteiger partial charge in [-0.3, -0.25) is 14.9 Å². The van der Waals surface area contributed by atoms with Gasteiger partial charge in [-0.1, -0.05) is 0 Å². The lowest BCUT2D eigenvalue weighted by Crippen LogP contribution is -2.35. The fourth-order valence-corrected chi connectivity index (χ4v) is 2.00. The summed E-state index contributed by atoms with van der Waals surface area (Å²) in [6.07, 6.45) is 0. The van der Waals surface area contributed by atoms with Crippen LogP contribution in [0.25, 0.3) is 0 Å². The molecule has 0 spiro atoms. The van der Waals surface area contributed by atoms with E-state index in [1.807, 2.05) is 0 Å². The summed E-state index contributed by atoms with van der Waals surface area (Å²) in [6.45, 7) is 1.10. The molecule has 2 N–H and O–H groups in total. The molecule has 0 radical (unpaired) electrons. The number of hydrogen-bond donors (Lipinski definition) is 2. The van der Waals surface area contributed by atoms with Crippen molar-refractivity contribution >= 4 is 39.3 Å². The second-order valence-corrected chi connectivity index (χ2v) is 4.91. The molecule has 1 rings (SSSR count). The van der Waals surface area contributed by atoms with Crippen molar-refractivity contribution in [1.82, 2.24) is 4.90 Å². The molecule has 0 unspecified atom stereocenters. The number of aliphatic carboxylic acids is 1. The molecule has 0 saturated carbocycles. The highest BCUT2D eigenvalue weighted by molar-refractivity contribution is 9.10. The number of anilines is 1. The largest absolute Gasteiger partial charge is 0.480 e. The van der Waals surface area contributed by atoms with E-state index in [1.54, 1.807) is 6.92 Å². The number of urea groups is 1. The standard InChI is InChI=1S/C11H12BrN3O5/c1-6-3-7(12)8(4-9(6)15(19)20)13-11(18)14(2)5-10(16)17/h3-4H,5H2,1-2H3,(H,13,18)(H,16,17). The van der Waals surface area contributed by atoms with Gasteiger partial charge in [-0.25, -0.2) is 4.79 Å². The second kappa shape index (κ2) is 6.33. The minimum Gasteiger partial charge on any atom is -0.480 e. The first-order valence-corrected chi connectivity index (χ1v) is 6.20. The van der Waals surface area contributed by atoms with Crippen molar-refractivity contribution in [3.8, 4) is 0 Å². The first-order valence-electron chi connectivity index (χ1n) is 5.40. The van der Waals surface area contributed by atoms with Crippen LogP contribution in [0.1, 0.15) is 5.56 Å². The molecule has 0 aliphatic carbocycles. The van der Waals surface area contributed by atoms with Gasteiger partial charge in [-0.2, -0.15) is 0 Å². The fourth-order valence-electron chi connectivity index (χ4n) is 1.44. The molecule has 20 heavy (non-hydrogen) atoms. The van der Waals surface area contributed by atoms with Crippen LogP contribution in [0.2, 0.25) is 0 Å². The molecule has 0 atom stereocenters. The number of carbonyl (C=O) groups is 2. The molecule has 0 fully saturated rings. The lowest BCUT2D eigenvalue weighted by molar-refractivity contribution is -0.385. The third-order valence-electron chi connectivity index (χ3n) is 2.44. The summed E-state index contributed by atoms with van der Waals surface area (Å²) >= 11 is 3.19. The number of aryl methyl sites for hydroxylation is 1. The number of nitro groups is 1. The summed E-state index contributed by atoms with van der Waals surface area (Å²) in [4.78, 5) is 33.5. The molecule has 0 saturated heterocycles. The van der Waals surface area contributed by atoms with Crippen molar-refractivity contribution in [2.75, 3.05) is 18.9 Å². The average molecular weight is 346 g/mol. The molecule has 1 aromatic rings. The maximum atomic E-state index is 11.7. The summed E-state index contributed by atoms with van der Waals surface area (Å²) in [6, 6.07) is 2.04. The molecule has 0 aromatic heterocycles. The average Bonchev–Trinajstić information content (AvgIpc) is 2.30. The van der Waals surface area contributed by atoms with Crippen LogP contribution >= 0.6 is 15.9 Å². The number of carbonyl (C=O) groups excluding carboxylic acids is 1. The first kappa shape index (κ1) is 15.9. The van der Waals surface area contributed by atoms with E-state index in [0.717, 1.165) is 4.90 Å². The number of nitrogens with zero attached hydrogens (tertiary/aromatic N) is 2. The number of carboxylic acid groups (broad SMARTS) is 1. The Morgan fingerprint density at radius 1 is 1.50 bits per heavy atom. The highest BCUT2D eigenvalue weighted by Crippen LogP contribution is 2.30. The Kier molecular flexibility index (Phi) is 5.03. The third kappa shape index (κ3) is 3.92. The summed E-state index contributed by atoms with van der Waals surface area (Å²) < 4.78 is 0.470. The second-order valence-electron chi connectivity index (χ2n) is 4.06. The molecule has 0 bridgehead atoms. The summed E-state index contributed by atoms with van der Waals surface area (Å²) in [5.41, 5.74) is 0.507. The summed E-state index contributed by atoms with van der Waals surface area (Å²) in [5, 5.41) is 21.8. The molecule has 9 heteroatoms. The van der Waals surface area contributed by atoms with Crippen molar-refractivity contribution in [2.45, 2.75) is 6.92 Å². The quantitative estimate of drug-likeness (QED) is 0.641. The smallest absolute Gasteiger partial charge is 0.323 e. The molecule has 2 amide bonds. The molecule has 0 aliphatic rings. The van der Waals surface area contributed by atoms with Gasteiger partial charge in [0, 0.05) is 23.2 Å². The van der Waals surface area contributed by atoms with Crippen LogP contribution in [-0.2, 0) is 4.79 Å². The van der Waals surface area contributed by atoms with E-state index in [2.05, 4.69) is 21.2 Å². The lowest BCUT2D eigenvalue weighted by atomic mass is 10.2. The van der Waals surface area contributed by atoms with Crippen LogP contribution in [0, 0.1) is 17.0 Å². The Balaban J connectivity index is 2.97. The van der Waals surface area contributed by atoms with Gasteiger partial charge in [-0.15, -0.1) is 0 Å². The number of nitro benzene ring substituents is 1. The number of likely N-dealkylation sites (N-methyl/N-ethyl adjacent to an activating group) is 1. The van der Waals surface area contributed by atoms with Crippen LogP contribution < -0.4 is 5.32 Å². The highest BCUT2D eigenvalue weighted by Gasteiger charge is 2.18. The van der Waals surface area contributed by atoms with Crippen LogP contribution in [0.3, 0.4) is 0 Å². The van der Waals surface area contributed by atoms with Gasteiger partial charge in [0.05, 0.1) is 10.6 Å². The Morgan fingerprint density at radius 3 is 2.60 bits per heavy atom. The SMILES string of the molecule is Cc1cc(Br)c(NC(=O)N(C)CC(=O)O)cc1[N+](=O)[O-]. The van der Waals surface area contributed by atoms with Gasteiger partial charge in [0.2, 0.25) is 0 Å². The van der Waals surface area contributed by atoms with E-state index in [4.69, 9.17) is 5.11 Å². The van der Waals surface area contributed by atoms with Crippen LogP contribution in [-0.4, -0.2) is 40.5 Å². The topological polar surface area (TPSA) is 113 Å². The molecule has 0 aliphatic heterocycles. The number of halogens is 1. The van der Waals surface area contributed by atoms with Gasteiger partial charge in [0.25, 0.3) is 5.69 Å². The van der Waals surface area contributed by atoms with Crippen LogP contribution in [0.15, 0.2) is 16.6 Å². The van der Waals surface area contributed by atoms with Crippen molar-refractivity contribution in [2.24, 2.45) is 0 Å². The molecule has 8 nitrogen and oxygen atoms in total. The van der Waals surface area contributed by atoms with E-state index < -0.39 is 23.5 Å². The number of amides is 2. The molecule has 1 aromatic carbocycles. The van der Waals surface area contributed by atoms with E-state index in [1.165, 1.54) is 19.2 Å². The van der Waals surface area contributed by atoms with Gasteiger partial charge >= 0.3 is 12.0 Å². The Bertz CT molecular complexity index is 575. The highest BCUT2D eigenvalue weighted by atomic mass is 79.9.